The van der Waals surface area contributed by atoms with Gasteiger partial charge in [0.1, 0.15) is 5.75 Å². The summed E-state index contributed by atoms with van der Waals surface area (Å²) in [5, 5.41) is 20.5. The van der Waals surface area contributed by atoms with Crippen LogP contribution in [0.4, 0.5) is 0 Å². The monoisotopic (exact) mass is 295 g/mol. The van der Waals surface area contributed by atoms with E-state index in [0.29, 0.717) is 17.9 Å². The standard InChI is InChI=1S/C15H21NO5/c1-3-21-13-5-4-10(2)8-11(13)15(20)12(9-14(18)19)16-6-7-17/h4-5,8,12,16-17H,3,6-7,9H2,1-2H3,(H,18,19). The molecular formula is C15H21NO5. The van der Waals surface area contributed by atoms with E-state index in [4.69, 9.17) is 14.9 Å². The number of nitrogens with one attached hydrogen (secondary N) is 1. The molecule has 21 heavy (non-hydrogen) atoms. The summed E-state index contributed by atoms with van der Waals surface area (Å²) in [7, 11) is 0. The molecule has 0 aromatic heterocycles. The van der Waals surface area contributed by atoms with E-state index in [1.54, 1.807) is 12.1 Å². The first-order valence-corrected chi connectivity index (χ1v) is 6.83. The number of carbonyl (C=O) groups is 2. The smallest absolute Gasteiger partial charge is 0.305 e. The number of carbonyl (C=O) groups excluding carboxylic acids is 1. The molecule has 6 heteroatoms. The lowest BCUT2D eigenvalue weighted by Gasteiger charge is -2.17. The maximum absolute atomic E-state index is 12.5. The highest BCUT2D eigenvalue weighted by atomic mass is 16.5. The lowest BCUT2D eigenvalue weighted by molar-refractivity contribution is -0.137. The summed E-state index contributed by atoms with van der Waals surface area (Å²) in [6.07, 6.45) is -0.349. The molecule has 0 amide bonds. The minimum Gasteiger partial charge on any atom is -0.493 e. The zero-order valence-corrected chi connectivity index (χ0v) is 12.3. The predicted molar refractivity (Wildman–Crippen MR) is 77.8 cm³/mol. The Balaban J connectivity index is 3.05. The number of rotatable bonds is 9. The molecule has 0 aliphatic rings. The number of hydrogen-bond donors (Lipinski definition) is 3. The summed E-state index contributed by atoms with van der Waals surface area (Å²) in [6, 6.07) is 4.32. The fourth-order valence-electron chi connectivity index (χ4n) is 1.98. The number of hydrogen-bond acceptors (Lipinski definition) is 5. The van der Waals surface area contributed by atoms with Crippen LogP contribution in [0.1, 0.15) is 29.3 Å². The van der Waals surface area contributed by atoms with Crippen molar-refractivity contribution in [2.45, 2.75) is 26.3 Å². The Labute approximate surface area is 123 Å². The average Bonchev–Trinajstić information content (AvgIpc) is 2.44. The summed E-state index contributed by atoms with van der Waals surface area (Å²) >= 11 is 0. The van der Waals surface area contributed by atoms with Crippen LogP contribution in [-0.2, 0) is 4.79 Å². The average molecular weight is 295 g/mol. The Morgan fingerprint density at radius 1 is 1.38 bits per heavy atom. The molecule has 1 aromatic rings. The van der Waals surface area contributed by atoms with Crippen LogP contribution in [0.5, 0.6) is 5.75 Å². The Kier molecular flexibility index (Phi) is 6.84. The normalized spacial score (nSPS) is 12.0. The minimum atomic E-state index is -1.08. The molecule has 0 aliphatic heterocycles. The Bertz CT molecular complexity index is 501. The summed E-state index contributed by atoms with van der Waals surface area (Å²) in [5.74, 6) is -0.989. The Morgan fingerprint density at radius 2 is 2.10 bits per heavy atom. The van der Waals surface area contributed by atoms with Crippen molar-refractivity contribution in [1.29, 1.82) is 0 Å². The number of aliphatic carboxylic acids is 1. The third kappa shape index (κ3) is 5.17. The SMILES string of the molecule is CCOc1ccc(C)cc1C(=O)C(CC(=O)O)NCCO. The van der Waals surface area contributed by atoms with Crippen LogP contribution in [0, 0.1) is 6.92 Å². The van der Waals surface area contributed by atoms with Crippen molar-refractivity contribution in [2.75, 3.05) is 19.8 Å². The number of Topliss-reactive ketones (excluding diaryl/α,β-unsaturated/α-hetero) is 1. The van der Waals surface area contributed by atoms with Gasteiger partial charge in [-0.15, -0.1) is 0 Å². The molecule has 116 valence electrons. The van der Waals surface area contributed by atoms with Gasteiger partial charge in [0.25, 0.3) is 0 Å². The van der Waals surface area contributed by atoms with Crippen LogP contribution in [-0.4, -0.2) is 47.8 Å². The summed E-state index contributed by atoms with van der Waals surface area (Å²) in [6.45, 7) is 4.05. The first-order valence-electron chi connectivity index (χ1n) is 6.83. The lowest BCUT2D eigenvalue weighted by Crippen LogP contribution is -2.40. The Hall–Kier alpha value is -1.92. The number of ketones is 1. The topological polar surface area (TPSA) is 95.9 Å². The number of aliphatic hydroxyl groups excluding tert-OH is 1. The van der Waals surface area contributed by atoms with E-state index in [-0.39, 0.29) is 25.4 Å². The van der Waals surface area contributed by atoms with Gasteiger partial charge in [-0.2, -0.15) is 0 Å². The van der Waals surface area contributed by atoms with Gasteiger partial charge in [0.2, 0.25) is 0 Å². The molecular weight excluding hydrogens is 274 g/mol. The van der Waals surface area contributed by atoms with E-state index in [0.717, 1.165) is 5.56 Å². The Morgan fingerprint density at radius 3 is 2.67 bits per heavy atom. The largest absolute Gasteiger partial charge is 0.493 e. The first-order chi connectivity index (χ1) is 9.99. The highest BCUT2D eigenvalue weighted by Gasteiger charge is 2.25. The lowest BCUT2D eigenvalue weighted by atomic mass is 9.99. The number of ether oxygens (including phenoxy) is 1. The molecule has 1 unspecified atom stereocenters. The summed E-state index contributed by atoms with van der Waals surface area (Å²) < 4.78 is 5.43. The number of benzene rings is 1. The molecule has 3 N–H and O–H groups in total. The van der Waals surface area contributed by atoms with E-state index >= 15 is 0 Å². The second-order valence-electron chi connectivity index (χ2n) is 4.63. The van der Waals surface area contributed by atoms with E-state index in [2.05, 4.69) is 5.32 Å². The van der Waals surface area contributed by atoms with Gasteiger partial charge in [0.15, 0.2) is 5.78 Å². The van der Waals surface area contributed by atoms with Crippen molar-refractivity contribution in [3.8, 4) is 5.75 Å². The highest BCUT2D eigenvalue weighted by molar-refractivity contribution is 6.04. The molecule has 1 rings (SSSR count). The fourth-order valence-corrected chi connectivity index (χ4v) is 1.98. The molecule has 0 saturated carbocycles. The molecule has 0 bridgehead atoms. The van der Waals surface area contributed by atoms with Crippen LogP contribution in [0.2, 0.25) is 0 Å². The summed E-state index contributed by atoms with van der Waals surface area (Å²) in [4.78, 5) is 23.4. The van der Waals surface area contributed by atoms with Gasteiger partial charge in [-0.3, -0.25) is 9.59 Å². The van der Waals surface area contributed by atoms with E-state index in [1.807, 2.05) is 19.9 Å². The van der Waals surface area contributed by atoms with Gasteiger partial charge in [-0.25, -0.2) is 0 Å². The van der Waals surface area contributed by atoms with Gasteiger partial charge in [0, 0.05) is 6.54 Å². The molecule has 0 aliphatic carbocycles. The van der Waals surface area contributed by atoms with Gasteiger partial charge in [-0.05, 0) is 26.0 Å². The van der Waals surface area contributed by atoms with Crippen molar-refractivity contribution >= 4 is 11.8 Å². The number of aryl methyl sites for hydroxylation is 1. The number of carboxylic acid groups (broad SMARTS) is 1. The van der Waals surface area contributed by atoms with Crippen molar-refractivity contribution in [3.63, 3.8) is 0 Å². The van der Waals surface area contributed by atoms with Gasteiger partial charge >= 0.3 is 5.97 Å². The zero-order valence-electron chi connectivity index (χ0n) is 12.3. The van der Waals surface area contributed by atoms with Gasteiger partial charge in [-0.1, -0.05) is 11.6 Å². The highest BCUT2D eigenvalue weighted by Crippen LogP contribution is 2.22. The van der Waals surface area contributed by atoms with E-state index in [9.17, 15) is 9.59 Å². The quantitative estimate of drug-likeness (QED) is 0.588. The molecule has 0 fully saturated rings. The molecule has 0 radical (unpaired) electrons. The van der Waals surface area contributed by atoms with E-state index in [1.165, 1.54) is 0 Å². The van der Waals surface area contributed by atoms with Crippen LogP contribution < -0.4 is 10.1 Å². The van der Waals surface area contributed by atoms with Crippen LogP contribution in [0.25, 0.3) is 0 Å². The minimum absolute atomic E-state index is 0.152. The molecule has 0 saturated heterocycles. The molecule has 1 atom stereocenters. The number of carboxylic acids is 1. The molecule has 1 aromatic carbocycles. The third-order valence-corrected chi connectivity index (χ3v) is 2.90. The fraction of sp³-hybridized carbons (Fsp3) is 0.467. The van der Waals surface area contributed by atoms with Crippen molar-refractivity contribution in [1.82, 2.24) is 5.32 Å². The third-order valence-electron chi connectivity index (χ3n) is 2.90. The molecule has 0 heterocycles. The van der Waals surface area contributed by atoms with Gasteiger partial charge in [0.05, 0.1) is 31.2 Å². The second kappa shape index (κ2) is 8.39. The van der Waals surface area contributed by atoms with Crippen molar-refractivity contribution in [2.24, 2.45) is 0 Å². The molecule has 6 nitrogen and oxygen atoms in total. The van der Waals surface area contributed by atoms with Gasteiger partial charge < -0.3 is 20.3 Å². The van der Waals surface area contributed by atoms with Crippen LogP contribution in [0.3, 0.4) is 0 Å². The number of aliphatic hydroxyl groups is 1. The maximum atomic E-state index is 12.5. The van der Waals surface area contributed by atoms with Crippen LogP contribution in [0.15, 0.2) is 18.2 Å². The van der Waals surface area contributed by atoms with Crippen LogP contribution >= 0.6 is 0 Å². The van der Waals surface area contributed by atoms with Crippen molar-refractivity contribution < 1.29 is 24.5 Å². The first kappa shape index (κ1) is 17.1. The second-order valence-corrected chi connectivity index (χ2v) is 4.63. The maximum Gasteiger partial charge on any atom is 0.305 e. The molecule has 0 spiro atoms. The zero-order chi connectivity index (χ0) is 15.8. The van der Waals surface area contributed by atoms with Crippen molar-refractivity contribution in [3.05, 3.63) is 29.3 Å². The summed E-state index contributed by atoms with van der Waals surface area (Å²) in [5.41, 5.74) is 1.24. The predicted octanol–water partition coefficient (Wildman–Crippen LogP) is 1.00. The van der Waals surface area contributed by atoms with E-state index < -0.39 is 12.0 Å².